The number of thiophene rings is 1. The van der Waals surface area contributed by atoms with Crippen molar-refractivity contribution in [3.8, 4) is 22.3 Å². The Morgan fingerprint density at radius 2 is 1.15 bits per heavy atom. The van der Waals surface area contributed by atoms with Gasteiger partial charge >= 0.3 is 6.85 Å². The third kappa shape index (κ3) is 4.72. The van der Waals surface area contributed by atoms with E-state index in [2.05, 4.69) is 205 Å². The second kappa shape index (κ2) is 12.1. The van der Waals surface area contributed by atoms with Crippen LogP contribution >= 0.6 is 11.3 Å². The van der Waals surface area contributed by atoms with Crippen molar-refractivity contribution in [2.75, 3.05) is 4.90 Å². The lowest BCUT2D eigenvalue weighted by atomic mass is 9.47. The van der Waals surface area contributed by atoms with Gasteiger partial charge in [-0.2, -0.15) is 0 Å². The van der Waals surface area contributed by atoms with Crippen molar-refractivity contribution < 1.29 is 0 Å². The number of hydrogen-bond acceptors (Lipinski definition) is 2. The minimum Gasteiger partial charge on any atom is -0.375 e. The van der Waals surface area contributed by atoms with E-state index in [0.717, 1.165) is 0 Å². The normalized spacial score (nSPS) is 19.5. The van der Waals surface area contributed by atoms with E-state index in [4.69, 9.17) is 0 Å². The molecule has 0 saturated heterocycles. The van der Waals surface area contributed by atoms with Gasteiger partial charge in [-0.25, -0.2) is 0 Å². The molecule has 2 nitrogen and oxygen atoms in total. The van der Waals surface area contributed by atoms with E-state index in [0.29, 0.717) is 0 Å². The third-order valence-corrected chi connectivity index (χ3v) is 19.1. The van der Waals surface area contributed by atoms with Crippen LogP contribution < -0.4 is 15.1 Å². The zero-order chi connectivity index (χ0) is 44.5. The Hall–Kier alpha value is -5.58. The van der Waals surface area contributed by atoms with Crippen molar-refractivity contribution in [1.82, 2.24) is 4.48 Å². The highest BCUT2D eigenvalue weighted by Crippen LogP contribution is 2.59. The van der Waals surface area contributed by atoms with Gasteiger partial charge in [0.15, 0.2) is 0 Å². The summed E-state index contributed by atoms with van der Waals surface area (Å²) in [5.74, 6) is 0. The Labute approximate surface area is 388 Å². The van der Waals surface area contributed by atoms with E-state index < -0.39 is 0 Å². The van der Waals surface area contributed by atoms with Crippen LogP contribution in [0.3, 0.4) is 0 Å². The van der Waals surface area contributed by atoms with Gasteiger partial charge in [-0.05, 0) is 150 Å². The standard InChI is InChI=1S/C61H57BN2S/c1-57(2)26-27-58(3,4)43-30-35(23-24-42(43)57)63-48-32-46-51(37-18-13-14-21-41(37)61(46,9)10)52-39-20-15-19-38-50-36-17-12-11-16-34(36)22-25-47(50)64(54(38)39)62(53(48)52)56-55(63)40-31-44-45(33-49(40)65-56)60(7,8)29-28-59(44,5)6/h11-25,30-33H,26-29H2,1-10H3. The minimum absolute atomic E-state index is 0.00747. The van der Waals surface area contributed by atoms with Gasteiger partial charge in [0, 0.05) is 59.0 Å². The fraction of sp³-hybridized carbons (Fsp3) is 0.311. The lowest BCUT2D eigenvalue weighted by Gasteiger charge is -2.44. The molecule has 0 radical (unpaired) electrons. The summed E-state index contributed by atoms with van der Waals surface area (Å²) in [5.41, 5.74) is 22.9. The van der Waals surface area contributed by atoms with Crippen LogP contribution in [-0.2, 0) is 27.1 Å². The maximum absolute atomic E-state index is 2.80. The highest BCUT2D eigenvalue weighted by molar-refractivity contribution is 7.32. The van der Waals surface area contributed by atoms with E-state index in [9.17, 15) is 0 Å². The number of benzene rings is 7. The zero-order valence-corrected chi connectivity index (χ0v) is 40.5. The van der Waals surface area contributed by atoms with E-state index in [1.165, 1.54) is 151 Å². The number of anilines is 3. The molecule has 0 unspecified atom stereocenters. The monoisotopic (exact) mass is 860 g/mol. The van der Waals surface area contributed by atoms with Gasteiger partial charge in [0.25, 0.3) is 0 Å². The molecule has 0 saturated carbocycles. The summed E-state index contributed by atoms with van der Waals surface area (Å²) in [6, 6.07) is 46.0. The summed E-state index contributed by atoms with van der Waals surface area (Å²) in [7, 11) is 0. The summed E-state index contributed by atoms with van der Waals surface area (Å²) >= 11 is 2.07. The van der Waals surface area contributed by atoms with Crippen LogP contribution in [0, 0.1) is 0 Å². The Bertz CT molecular complexity index is 3660. The molecule has 4 heteroatoms. The second-order valence-corrected chi connectivity index (χ2v) is 24.8. The number of rotatable bonds is 1. The number of fused-ring (bicyclic) bond motifs is 17. The molecule has 0 atom stereocenters. The van der Waals surface area contributed by atoms with Crippen molar-refractivity contribution in [2.45, 2.75) is 122 Å². The topological polar surface area (TPSA) is 8.17 Å². The number of para-hydroxylation sites is 1. The van der Waals surface area contributed by atoms with Crippen molar-refractivity contribution >= 4 is 88.2 Å². The molecule has 0 amide bonds. The van der Waals surface area contributed by atoms with Gasteiger partial charge in [0.1, 0.15) is 0 Å². The molecule has 9 aromatic rings. The molecule has 65 heavy (non-hydrogen) atoms. The summed E-state index contributed by atoms with van der Waals surface area (Å²) < 4.78 is 5.67. The van der Waals surface area contributed by atoms with Crippen molar-refractivity contribution in [3.05, 3.63) is 149 Å². The Morgan fingerprint density at radius 3 is 1.92 bits per heavy atom. The average Bonchev–Trinajstić information content (AvgIpc) is 3.91. The van der Waals surface area contributed by atoms with Crippen LogP contribution in [-0.4, -0.2) is 11.3 Å². The minimum atomic E-state index is -0.180. The Kier molecular flexibility index (Phi) is 7.17. The van der Waals surface area contributed by atoms with Crippen LogP contribution in [0.15, 0.2) is 115 Å². The molecule has 4 heterocycles. The van der Waals surface area contributed by atoms with Crippen LogP contribution in [0.25, 0.3) is 64.9 Å². The molecule has 5 aliphatic rings. The highest BCUT2D eigenvalue weighted by Gasteiger charge is 2.50. The molecule has 14 rings (SSSR count). The molecular weight excluding hydrogens is 804 g/mol. The number of hydrogen-bond donors (Lipinski definition) is 0. The maximum Gasteiger partial charge on any atom is 0.343 e. The Morgan fingerprint density at radius 1 is 0.508 bits per heavy atom. The zero-order valence-electron chi connectivity index (χ0n) is 39.7. The van der Waals surface area contributed by atoms with E-state index in [1.54, 1.807) is 0 Å². The lowest BCUT2D eigenvalue weighted by Crippen LogP contribution is -2.55. The van der Waals surface area contributed by atoms with Gasteiger partial charge in [-0.3, -0.25) is 0 Å². The first-order valence-corrected chi connectivity index (χ1v) is 25.1. The van der Waals surface area contributed by atoms with Crippen molar-refractivity contribution in [1.29, 1.82) is 0 Å². The van der Waals surface area contributed by atoms with Crippen LogP contribution in [0.2, 0.25) is 0 Å². The smallest absolute Gasteiger partial charge is 0.343 e. The summed E-state index contributed by atoms with van der Waals surface area (Å²) in [6.45, 7) is 24.8. The molecule has 2 aromatic heterocycles. The summed E-state index contributed by atoms with van der Waals surface area (Å²) in [5, 5.41) is 6.76. The predicted molar refractivity (Wildman–Crippen MR) is 281 cm³/mol. The van der Waals surface area contributed by atoms with Crippen molar-refractivity contribution in [2.24, 2.45) is 0 Å². The molecule has 320 valence electrons. The number of aromatic nitrogens is 1. The largest absolute Gasteiger partial charge is 0.375 e. The van der Waals surface area contributed by atoms with Crippen LogP contribution in [0.5, 0.6) is 0 Å². The molecule has 0 fully saturated rings. The summed E-state index contributed by atoms with van der Waals surface area (Å²) in [6.07, 6.45) is 4.79. The van der Waals surface area contributed by atoms with Crippen molar-refractivity contribution in [3.63, 3.8) is 0 Å². The predicted octanol–water partition coefficient (Wildman–Crippen LogP) is 15.6. The quantitative estimate of drug-likeness (QED) is 0.149. The fourth-order valence-electron chi connectivity index (χ4n) is 14.0. The second-order valence-electron chi connectivity index (χ2n) is 23.7. The average molecular weight is 861 g/mol. The molecule has 0 N–H and O–H groups in total. The van der Waals surface area contributed by atoms with Crippen LogP contribution in [0.4, 0.5) is 17.1 Å². The van der Waals surface area contributed by atoms with Gasteiger partial charge in [-0.15, -0.1) is 11.3 Å². The van der Waals surface area contributed by atoms with E-state index in [-0.39, 0.29) is 33.9 Å². The number of nitrogens with zero attached hydrogens (tertiary/aromatic N) is 2. The first-order valence-electron chi connectivity index (χ1n) is 24.3. The third-order valence-electron chi connectivity index (χ3n) is 17.9. The molecule has 3 aliphatic carbocycles. The van der Waals surface area contributed by atoms with E-state index in [1.807, 2.05) is 0 Å². The molecule has 2 aliphatic heterocycles. The van der Waals surface area contributed by atoms with E-state index >= 15 is 0 Å². The Balaban J connectivity index is 1.19. The molecular formula is C61H57BN2S. The van der Waals surface area contributed by atoms with Gasteiger partial charge < -0.3 is 9.38 Å². The van der Waals surface area contributed by atoms with Crippen LogP contribution in [0.1, 0.15) is 128 Å². The first kappa shape index (κ1) is 38.7. The molecule has 0 bridgehead atoms. The highest BCUT2D eigenvalue weighted by atomic mass is 32.1. The lowest BCUT2D eigenvalue weighted by molar-refractivity contribution is 0.332. The molecule has 0 spiro atoms. The van der Waals surface area contributed by atoms with Gasteiger partial charge in [0.05, 0.1) is 5.69 Å². The SMILES string of the molecule is CC1(C)CCC(C)(C)c2cc(N3c4cc5c(c6c4B(c4sc7cc8c(cc7c43)C(C)(C)CCC8(C)C)n3c4ccc7ccccc7c4c4cccc-6c43)-c3ccccc3C5(C)C)ccc21. The fourth-order valence-corrected chi connectivity index (χ4v) is 15.3. The molecule has 7 aromatic carbocycles. The maximum atomic E-state index is 2.80. The van der Waals surface area contributed by atoms with Gasteiger partial charge in [0.2, 0.25) is 0 Å². The first-order chi connectivity index (χ1) is 31.0. The summed E-state index contributed by atoms with van der Waals surface area (Å²) in [4.78, 5) is 2.78. The van der Waals surface area contributed by atoms with Gasteiger partial charge in [-0.1, -0.05) is 148 Å².